The first-order valence-corrected chi connectivity index (χ1v) is 9.45. The van der Waals surface area contributed by atoms with Crippen LogP contribution in [0.2, 0.25) is 0 Å². The first kappa shape index (κ1) is 20.9. The van der Waals surface area contributed by atoms with E-state index in [1.807, 2.05) is 38.1 Å². The molecule has 3 N–H and O–H groups in total. The zero-order valence-corrected chi connectivity index (χ0v) is 16.8. The van der Waals surface area contributed by atoms with Gasteiger partial charge in [0.2, 0.25) is 0 Å². The lowest BCUT2D eigenvalue weighted by Gasteiger charge is -2.12. The van der Waals surface area contributed by atoms with Crippen LogP contribution in [0.1, 0.15) is 23.6 Å². The van der Waals surface area contributed by atoms with E-state index < -0.39 is 17.8 Å². The molecule has 1 saturated heterocycles. The van der Waals surface area contributed by atoms with E-state index in [9.17, 15) is 14.4 Å². The summed E-state index contributed by atoms with van der Waals surface area (Å²) in [4.78, 5) is 37.2. The van der Waals surface area contributed by atoms with E-state index in [4.69, 9.17) is 15.2 Å². The third-order valence-electron chi connectivity index (χ3n) is 4.33. The minimum Gasteiger partial charge on any atom is -0.490 e. The molecule has 0 unspecified atom stereocenters. The standard InChI is InChI=1S/C22H23N3O5/c1-3-29-19-11-15(7-8-18(19)30-13-20(23)26)10-17-21(27)25(22(28)24-17)12-16-6-4-5-14(2)9-16/h4-11H,3,12-13H2,1-2H3,(H2,23,26)(H,24,28)/b17-10+. The normalized spacial score (nSPS) is 14.7. The van der Waals surface area contributed by atoms with Crippen molar-refractivity contribution in [2.75, 3.05) is 13.2 Å². The van der Waals surface area contributed by atoms with Gasteiger partial charge in [0.1, 0.15) is 5.70 Å². The van der Waals surface area contributed by atoms with Crippen molar-refractivity contribution in [3.63, 3.8) is 0 Å². The number of nitrogens with zero attached hydrogens (tertiary/aromatic N) is 1. The molecule has 0 aliphatic carbocycles. The molecule has 1 heterocycles. The van der Waals surface area contributed by atoms with Gasteiger partial charge in [-0.2, -0.15) is 0 Å². The molecule has 4 amide bonds. The fraction of sp³-hybridized carbons (Fsp3) is 0.227. The maximum absolute atomic E-state index is 12.7. The third kappa shape index (κ3) is 4.96. The molecule has 2 aromatic carbocycles. The lowest BCUT2D eigenvalue weighted by atomic mass is 10.1. The number of nitrogens with one attached hydrogen (secondary N) is 1. The number of amides is 4. The molecule has 30 heavy (non-hydrogen) atoms. The van der Waals surface area contributed by atoms with Gasteiger partial charge in [-0.05, 0) is 43.2 Å². The molecule has 0 bridgehead atoms. The van der Waals surface area contributed by atoms with E-state index in [1.165, 1.54) is 0 Å². The van der Waals surface area contributed by atoms with Crippen molar-refractivity contribution in [3.05, 3.63) is 64.9 Å². The summed E-state index contributed by atoms with van der Waals surface area (Å²) < 4.78 is 10.9. The summed E-state index contributed by atoms with van der Waals surface area (Å²) >= 11 is 0. The molecule has 8 heteroatoms. The van der Waals surface area contributed by atoms with Crippen LogP contribution in [0.3, 0.4) is 0 Å². The molecular formula is C22H23N3O5. The van der Waals surface area contributed by atoms with Gasteiger partial charge >= 0.3 is 6.03 Å². The fourth-order valence-electron chi connectivity index (χ4n) is 3.03. The van der Waals surface area contributed by atoms with Gasteiger partial charge in [0, 0.05) is 0 Å². The summed E-state index contributed by atoms with van der Waals surface area (Å²) in [6.45, 7) is 4.06. The Kier molecular flexibility index (Phi) is 6.36. The topological polar surface area (TPSA) is 111 Å². The predicted octanol–water partition coefficient (Wildman–Crippen LogP) is 2.35. The molecule has 8 nitrogen and oxygen atoms in total. The second-order valence-corrected chi connectivity index (χ2v) is 6.76. The number of carbonyl (C=O) groups is 3. The number of imide groups is 1. The Labute approximate surface area is 174 Å². The molecule has 0 saturated carbocycles. The monoisotopic (exact) mass is 409 g/mol. The van der Waals surface area contributed by atoms with Gasteiger partial charge in [0.25, 0.3) is 11.8 Å². The number of carbonyl (C=O) groups excluding carboxylic acids is 3. The van der Waals surface area contributed by atoms with Crippen LogP contribution in [0.5, 0.6) is 11.5 Å². The lowest BCUT2D eigenvalue weighted by molar-refractivity contribution is -0.123. The summed E-state index contributed by atoms with van der Waals surface area (Å²) in [7, 11) is 0. The van der Waals surface area contributed by atoms with Gasteiger partial charge in [-0.15, -0.1) is 0 Å². The Bertz CT molecular complexity index is 1020. The van der Waals surface area contributed by atoms with Crippen molar-refractivity contribution < 1.29 is 23.9 Å². The summed E-state index contributed by atoms with van der Waals surface area (Å²) in [6.07, 6.45) is 1.57. The van der Waals surface area contributed by atoms with Crippen molar-refractivity contribution in [2.24, 2.45) is 5.73 Å². The third-order valence-corrected chi connectivity index (χ3v) is 4.33. The first-order valence-electron chi connectivity index (χ1n) is 9.45. The van der Waals surface area contributed by atoms with Gasteiger partial charge in [-0.3, -0.25) is 14.5 Å². The quantitative estimate of drug-likeness (QED) is 0.514. The highest BCUT2D eigenvalue weighted by atomic mass is 16.5. The number of ether oxygens (including phenoxy) is 2. The molecular weight excluding hydrogens is 386 g/mol. The van der Waals surface area contributed by atoms with Crippen LogP contribution in [0.4, 0.5) is 4.79 Å². The van der Waals surface area contributed by atoms with Crippen molar-refractivity contribution in [1.29, 1.82) is 0 Å². The van der Waals surface area contributed by atoms with E-state index >= 15 is 0 Å². The minimum atomic E-state index is -0.600. The number of urea groups is 1. The second-order valence-electron chi connectivity index (χ2n) is 6.76. The number of nitrogens with two attached hydrogens (primary N) is 1. The maximum atomic E-state index is 12.7. The van der Waals surface area contributed by atoms with Crippen molar-refractivity contribution in [2.45, 2.75) is 20.4 Å². The Balaban J connectivity index is 1.80. The predicted molar refractivity (Wildman–Crippen MR) is 111 cm³/mol. The number of hydrogen-bond donors (Lipinski definition) is 2. The van der Waals surface area contributed by atoms with E-state index in [-0.39, 0.29) is 18.8 Å². The minimum absolute atomic E-state index is 0.168. The number of aryl methyl sites for hydroxylation is 1. The van der Waals surface area contributed by atoms with Gasteiger partial charge < -0.3 is 20.5 Å². The smallest absolute Gasteiger partial charge is 0.329 e. The van der Waals surface area contributed by atoms with Crippen LogP contribution < -0.4 is 20.5 Å². The zero-order valence-electron chi connectivity index (χ0n) is 16.8. The molecule has 1 fully saturated rings. The SMILES string of the molecule is CCOc1cc(/C=C2/NC(=O)N(Cc3cccc(C)c3)C2=O)ccc1OCC(N)=O. The van der Waals surface area contributed by atoms with Gasteiger partial charge in [0.15, 0.2) is 18.1 Å². The summed E-state index contributed by atoms with van der Waals surface area (Å²) in [5.41, 5.74) is 7.83. The molecule has 0 aromatic heterocycles. The molecule has 1 aliphatic heterocycles. The Morgan fingerprint density at radius 1 is 1.13 bits per heavy atom. The lowest BCUT2D eigenvalue weighted by Crippen LogP contribution is -2.30. The molecule has 0 atom stereocenters. The van der Waals surface area contributed by atoms with Gasteiger partial charge in [-0.1, -0.05) is 35.9 Å². The Morgan fingerprint density at radius 3 is 2.63 bits per heavy atom. The summed E-state index contributed by atoms with van der Waals surface area (Å²) in [5, 5.41) is 2.61. The second kappa shape index (κ2) is 9.13. The highest BCUT2D eigenvalue weighted by molar-refractivity contribution is 6.13. The first-order chi connectivity index (χ1) is 14.4. The van der Waals surface area contributed by atoms with Crippen LogP contribution in [-0.4, -0.2) is 36.0 Å². The van der Waals surface area contributed by atoms with Crippen LogP contribution in [0, 0.1) is 6.92 Å². The molecule has 0 radical (unpaired) electrons. The molecule has 3 rings (SSSR count). The van der Waals surface area contributed by atoms with E-state index in [0.717, 1.165) is 16.0 Å². The van der Waals surface area contributed by atoms with E-state index in [0.29, 0.717) is 23.7 Å². The van der Waals surface area contributed by atoms with E-state index in [2.05, 4.69) is 5.32 Å². The highest BCUT2D eigenvalue weighted by Gasteiger charge is 2.33. The summed E-state index contributed by atoms with van der Waals surface area (Å²) in [6, 6.07) is 12.1. The number of benzene rings is 2. The average Bonchev–Trinajstić information content (AvgIpc) is 2.95. The van der Waals surface area contributed by atoms with Crippen molar-refractivity contribution in [1.82, 2.24) is 10.2 Å². The van der Waals surface area contributed by atoms with Gasteiger partial charge in [0.05, 0.1) is 13.2 Å². The summed E-state index contributed by atoms with van der Waals surface area (Å²) in [5.74, 6) is -0.243. The number of rotatable bonds is 8. The van der Waals surface area contributed by atoms with Gasteiger partial charge in [-0.25, -0.2) is 4.79 Å². The van der Waals surface area contributed by atoms with Crippen LogP contribution in [0.25, 0.3) is 6.08 Å². The number of primary amides is 1. The largest absolute Gasteiger partial charge is 0.490 e. The fourth-order valence-corrected chi connectivity index (χ4v) is 3.03. The molecule has 156 valence electrons. The van der Waals surface area contributed by atoms with Crippen molar-refractivity contribution >= 4 is 23.9 Å². The highest BCUT2D eigenvalue weighted by Crippen LogP contribution is 2.30. The average molecular weight is 409 g/mol. The zero-order chi connectivity index (χ0) is 21.7. The Hall–Kier alpha value is -3.81. The molecule has 1 aliphatic rings. The maximum Gasteiger partial charge on any atom is 0.329 e. The van der Waals surface area contributed by atoms with Crippen molar-refractivity contribution in [3.8, 4) is 11.5 Å². The van der Waals surface area contributed by atoms with Crippen LogP contribution in [0.15, 0.2) is 48.2 Å². The molecule has 0 spiro atoms. The van der Waals surface area contributed by atoms with Crippen LogP contribution in [-0.2, 0) is 16.1 Å². The van der Waals surface area contributed by atoms with E-state index in [1.54, 1.807) is 24.3 Å². The Morgan fingerprint density at radius 2 is 1.93 bits per heavy atom. The van der Waals surface area contributed by atoms with Crippen LogP contribution >= 0.6 is 0 Å². The molecule has 2 aromatic rings. The number of hydrogen-bond acceptors (Lipinski definition) is 5.